The maximum absolute atomic E-state index is 5.57. The van der Waals surface area contributed by atoms with Crippen molar-refractivity contribution in [3.63, 3.8) is 0 Å². The molecule has 0 saturated heterocycles. The molecule has 82 valence electrons. The molecule has 0 aliphatic heterocycles. The Kier molecular flexibility index (Phi) is 3.14. The maximum Gasteiger partial charge on any atom is 0.124 e. The van der Waals surface area contributed by atoms with Crippen LogP contribution >= 0.6 is 0 Å². The number of benzene rings is 1. The predicted octanol–water partition coefficient (Wildman–Crippen LogP) is 3.36. The molecule has 0 bridgehead atoms. The molecule has 0 radical (unpaired) electrons. The molecule has 0 atom stereocenters. The summed E-state index contributed by atoms with van der Waals surface area (Å²) in [6, 6.07) is 7.04. The van der Waals surface area contributed by atoms with Crippen LogP contribution in [-0.2, 0) is 0 Å². The van der Waals surface area contributed by atoms with E-state index in [4.69, 9.17) is 4.74 Å². The summed E-state index contributed by atoms with van der Waals surface area (Å²) in [5, 5.41) is 3.52. The molecule has 1 aliphatic rings. The summed E-state index contributed by atoms with van der Waals surface area (Å²) in [6.07, 6.45) is 3.97. The first-order valence-corrected chi connectivity index (χ1v) is 5.79. The lowest BCUT2D eigenvalue weighted by atomic mass is 9.93. The van der Waals surface area contributed by atoms with E-state index < -0.39 is 0 Å². The summed E-state index contributed by atoms with van der Waals surface area (Å²) >= 11 is 0. The van der Waals surface area contributed by atoms with Gasteiger partial charge in [-0.3, -0.25) is 0 Å². The Morgan fingerprint density at radius 2 is 2.20 bits per heavy atom. The highest BCUT2D eigenvalue weighted by atomic mass is 16.5. The van der Waals surface area contributed by atoms with E-state index in [2.05, 4.69) is 30.4 Å². The van der Waals surface area contributed by atoms with Crippen molar-refractivity contribution in [2.24, 2.45) is 0 Å². The van der Waals surface area contributed by atoms with Crippen LogP contribution in [0.15, 0.2) is 18.2 Å². The zero-order chi connectivity index (χ0) is 10.7. The van der Waals surface area contributed by atoms with Crippen molar-refractivity contribution in [3.05, 3.63) is 23.8 Å². The third kappa shape index (κ3) is 2.44. The number of nitrogens with one attached hydrogen (secondary N) is 1. The van der Waals surface area contributed by atoms with Crippen LogP contribution in [0.25, 0.3) is 0 Å². The zero-order valence-electron chi connectivity index (χ0n) is 9.55. The first-order chi connectivity index (χ1) is 7.29. The van der Waals surface area contributed by atoms with Gasteiger partial charge in [0.05, 0.1) is 6.61 Å². The number of hydrogen-bond donors (Lipinski definition) is 1. The van der Waals surface area contributed by atoms with E-state index in [9.17, 15) is 0 Å². The smallest absolute Gasteiger partial charge is 0.124 e. The van der Waals surface area contributed by atoms with Gasteiger partial charge in [0, 0.05) is 17.8 Å². The molecule has 0 spiro atoms. The van der Waals surface area contributed by atoms with Crippen LogP contribution in [0.4, 0.5) is 5.69 Å². The molecule has 1 aliphatic carbocycles. The highest BCUT2D eigenvalue weighted by Crippen LogP contribution is 2.27. The van der Waals surface area contributed by atoms with Gasteiger partial charge < -0.3 is 10.1 Å². The van der Waals surface area contributed by atoms with E-state index in [1.165, 1.54) is 30.5 Å². The van der Waals surface area contributed by atoms with Crippen LogP contribution in [0, 0.1) is 6.92 Å². The molecule has 0 amide bonds. The first kappa shape index (κ1) is 10.3. The van der Waals surface area contributed by atoms with Crippen molar-refractivity contribution in [3.8, 4) is 5.75 Å². The second kappa shape index (κ2) is 4.56. The molecular weight excluding hydrogens is 186 g/mol. The average Bonchev–Trinajstić information content (AvgIpc) is 2.17. The van der Waals surface area contributed by atoms with Crippen LogP contribution < -0.4 is 10.1 Å². The van der Waals surface area contributed by atoms with Crippen molar-refractivity contribution in [1.82, 2.24) is 0 Å². The number of anilines is 1. The fraction of sp³-hybridized carbons (Fsp3) is 0.538. The van der Waals surface area contributed by atoms with E-state index in [-0.39, 0.29) is 0 Å². The minimum absolute atomic E-state index is 0.683. The number of hydrogen-bond acceptors (Lipinski definition) is 2. The standard InChI is InChI=1S/C13H19NO/c1-3-15-13-9-12(8-7-10(13)2)14-11-5-4-6-11/h7-9,11,14H,3-6H2,1-2H3. The molecule has 1 saturated carbocycles. The quantitative estimate of drug-likeness (QED) is 0.813. The summed E-state index contributed by atoms with van der Waals surface area (Å²) in [7, 11) is 0. The third-order valence-electron chi connectivity index (χ3n) is 2.96. The van der Waals surface area contributed by atoms with Gasteiger partial charge in [0.15, 0.2) is 0 Å². The van der Waals surface area contributed by atoms with E-state index in [0.29, 0.717) is 6.04 Å². The maximum atomic E-state index is 5.57. The van der Waals surface area contributed by atoms with Crippen LogP contribution in [-0.4, -0.2) is 12.6 Å². The van der Waals surface area contributed by atoms with Crippen molar-refractivity contribution in [2.45, 2.75) is 39.2 Å². The van der Waals surface area contributed by atoms with E-state index in [1.54, 1.807) is 0 Å². The Bertz CT molecular complexity index is 331. The molecule has 1 fully saturated rings. The Balaban J connectivity index is 2.06. The molecule has 1 aromatic carbocycles. The Morgan fingerprint density at radius 1 is 1.40 bits per heavy atom. The lowest BCUT2D eigenvalue weighted by molar-refractivity contribution is 0.338. The van der Waals surface area contributed by atoms with Crippen LogP contribution in [0.1, 0.15) is 31.7 Å². The van der Waals surface area contributed by atoms with Gasteiger partial charge in [0.25, 0.3) is 0 Å². The van der Waals surface area contributed by atoms with Crippen molar-refractivity contribution in [1.29, 1.82) is 0 Å². The molecule has 2 heteroatoms. The molecule has 1 aromatic rings. The van der Waals surface area contributed by atoms with E-state index in [1.807, 2.05) is 6.92 Å². The summed E-state index contributed by atoms with van der Waals surface area (Å²) < 4.78 is 5.57. The van der Waals surface area contributed by atoms with Gasteiger partial charge in [0.2, 0.25) is 0 Å². The van der Waals surface area contributed by atoms with Crippen LogP contribution in [0.5, 0.6) is 5.75 Å². The number of ether oxygens (including phenoxy) is 1. The second-order valence-electron chi connectivity index (χ2n) is 4.19. The average molecular weight is 205 g/mol. The molecule has 15 heavy (non-hydrogen) atoms. The summed E-state index contributed by atoms with van der Waals surface area (Å²) in [5.41, 5.74) is 2.39. The van der Waals surface area contributed by atoms with Crippen LogP contribution in [0.2, 0.25) is 0 Å². The minimum atomic E-state index is 0.683. The SMILES string of the molecule is CCOc1cc(NC2CCC2)ccc1C. The van der Waals surface area contributed by atoms with E-state index >= 15 is 0 Å². The van der Waals surface area contributed by atoms with Crippen molar-refractivity contribution >= 4 is 5.69 Å². The predicted molar refractivity (Wildman–Crippen MR) is 63.6 cm³/mol. The van der Waals surface area contributed by atoms with Gasteiger partial charge in [-0.2, -0.15) is 0 Å². The molecule has 2 rings (SSSR count). The number of rotatable bonds is 4. The summed E-state index contributed by atoms with van der Waals surface area (Å²) in [5.74, 6) is 1.00. The van der Waals surface area contributed by atoms with Gasteiger partial charge >= 0.3 is 0 Å². The molecule has 0 aromatic heterocycles. The lowest BCUT2D eigenvalue weighted by Crippen LogP contribution is -2.26. The Hall–Kier alpha value is -1.18. The summed E-state index contributed by atoms with van der Waals surface area (Å²) in [4.78, 5) is 0. The molecule has 2 nitrogen and oxygen atoms in total. The van der Waals surface area contributed by atoms with Crippen LogP contribution in [0.3, 0.4) is 0 Å². The monoisotopic (exact) mass is 205 g/mol. The molecule has 1 N–H and O–H groups in total. The molecular formula is C13H19NO. The van der Waals surface area contributed by atoms with Gasteiger partial charge in [-0.1, -0.05) is 6.07 Å². The minimum Gasteiger partial charge on any atom is -0.494 e. The van der Waals surface area contributed by atoms with Crippen molar-refractivity contribution < 1.29 is 4.74 Å². The second-order valence-corrected chi connectivity index (χ2v) is 4.19. The summed E-state index contributed by atoms with van der Waals surface area (Å²) in [6.45, 7) is 4.83. The molecule has 0 unspecified atom stereocenters. The van der Waals surface area contributed by atoms with Gasteiger partial charge in [0.1, 0.15) is 5.75 Å². The zero-order valence-corrected chi connectivity index (χ0v) is 9.55. The fourth-order valence-electron chi connectivity index (χ4n) is 1.79. The Morgan fingerprint density at radius 3 is 2.80 bits per heavy atom. The topological polar surface area (TPSA) is 21.3 Å². The highest BCUT2D eigenvalue weighted by Gasteiger charge is 2.16. The van der Waals surface area contributed by atoms with Crippen molar-refractivity contribution in [2.75, 3.05) is 11.9 Å². The van der Waals surface area contributed by atoms with Gasteiger partial charge in [-0.15, -0.1) is 0 Å². The molecule has 0 heterocycles. The normalized spacial score (nSPS) is 15.9. The number of aryl methyl sites for hydroxylation is 1. The van der Waals surface area contributed by atoms with Gasteiger partial charge in [-0.25, -0.2) is 0 Å². The lowest BCUT2D eigenvalue weighted by Gasteiger charge is -2.27. The van der Waals surface area contributed by atoms with Gasteiger partial charge in [-0.05, 0) is 44.7 Å². The largest absolute Gasteiger partial charge is 0.494 e. The van der Waals surface area contributed by atoms with E-state index in [0.717, 1.165) is 12.4 Å². The first-order valence-electron chi connectivity index (χ1n) is 5.79. The third-order valence-corrected chi connectivity index (χ3v) is 2.96. The Labute approximate surface area is 91.6 Å². The highest BCUT2D eigenvalue weighted by molar-refractivity contribution is 5.52. The fourth-order valence-corrected chi connectivity index (χ4v) is 1.79.